The van der Waals surface area contributed by atoms with Crippen LogP contribution in [0.5, 0.6) is 17.2 Å². The van der Waals surface area contributed by atoms with E-state index in [9.17, 15) is 9.59 Å². The average Bonchev–Trinajstić information content (AvgIpc) is 3.75. The summed E-state index contributed by atoms with van der Waals surface area (Å²) in [5.41, 5.74) is 4.81. The summed E-state index contributed by atoms with van der Waals surface area (Å²) >= 11 is 0. The Morgan fingerprint density at radius 1 is 0.977 bits per heavy atom. The first-order chi connectivity index (χ1) is 20.4. The maximum Gasteiger partial charge on any atom is 0.219 e. The number of benzene rings is 2. The highest BCUT2D eigenvalue weighted by Gasteiger charge is 2.56. The van der Waals surface area contributed by atoms with E-state index < -0.39 is 0 Å². The van der Waals surface area contributed by atoms with Crippen LogP contribution in [0.25, 0.3) is 0 Å². The van der Waals surface area contributed by atoms with Crippen LogP contribution in [0.15, 0.2) is 24.3 Å². The lowest BCUT2D eigenvalue weighted by Gasteiger charge is -2.37. The van der Waals surface area contributed by atoms with Crippen LogP contribution in [-0.2, 0) is 15.7 Å². The van der Waals surface area contributed by atoms with E-state index in [2.05, 4.69) is 43.6 Å². The Bertz CT molecular complexity index is 1350. The van der Waals surface area contributed by atoms with Crippen LogP contribution in [0.2, 0.25) is 0 Å². The van der Waals surface area contributed by atoms with Crippen molar-refractivity contribution in [2.45, 2.75) is 72.3 Å². The molecule has 0 bridgehead atoms. The number of aldehydes is 1. The van der Waals surface area contributed by atoms with Gasteiger partial charge in [-0.2, -0.15) is 0 Å². The lowest BCUT2D eigenvalue weighted by atomic mass is 9.84. The van der Waals surface area contributed by atoms with Gasteiger partial charge in [0, 0.05) is 56.3 Å². The van der Waals surface area contributed by atoms with E-state index in [4.69, 9.17) is 19.6 Å². The molecule has 2 heterocycles. The molecule has 5 rings (SSSR count). The van der Waals surface area contributed by atoms with Crippen molar-refractivity contribution in [2.24, 2.45) is 0 Å². The van der Waals surface area contributed by atoms with E-state index in [1.807, 2.05) is 36.9 Å². The molecule has 43 heavy (non-hydrogen) atoms. The molecular formula is C34H48N4O5. The molecule has 2 aromatic rings. The van der Waals surface area contributed by atoms with Gasteiger partial charge in [-0.25, -0.2) is 0 Å². The zero-order valence-corrected chi connectivity index (χ0v) is 27.1. The molecule has 1 spiro atoms. The van der Waals surface area contributed by atoms with Crippen molar-refractivity contribution in [2.75, 3.05) is 57.9 Å². The predicted octanol–water partition coefficient (Wildman–Crippen LogP) is 5.61. The second kappa shape index (κ2) is 12.9. The first-order valence-electron chi connectivity index (χ1n) is 15.4. The standard InChI is InChI=1S/C18H26N2O3.C16H22N2O2/c1-13(22)19-6-8-20(9-7-19)16-11-14(12-21)10-15(17(16)23-5)18(2,3)4;1-4-18-15(17)11-9-13(19-5-2)14(20-6-3)10-12(11)16(18)7-8-16/h10-12H,6-9H2,1-5H3;9-10,17H,4-8H2,1-3H3. The van der Waals surface area contributed by atoms with Crippen molar-refractivity contribution in [1.82, 2.24) is 9.80 Å². The zero-order valence-electron chi connectivity index (χ0n) is 27.1. The van der Waals surface area contributed by atoms with E-state index in [1.54, 1.807) is 14.0 Å². The summed E-state index contributed by atoms with van der Waals surface area (Å²) in [6.45, 7) is 19.0. The van der Waals surface area contributed by atoms with E-state index in [1.165, 1.54) is 5.56 Å². The number of carbonyl (C=O) groups is 2. The fraction of sp³-hybridized carbons (Fsp3) is 0.559. The molecule has 1 saturated carbocycles. The van der Waals surface area contributed by atoms with Gasteiger partial charge in [-0.05, 0) is 68.9 Å². The lowest BCUT2D eigenvalue weighted by molar-refractivity contribution is -0.129. The Kier molecular flexibility index (Phi) is 9.62. The molecule has 1 saturated heterocycles. The molecule has 1 amide bonds. The highest BCUT2D eigenvalue weighted by molar-refractivity contribution is 6.03. The molecule has 1 N–H and O–H groups in total. The molecule has 9 heteroatoms. The maximum absolute atomic E-state index is 11.5. The van der Waals surface area contributed by atoms with Gasteiger partial charge in [0.05, 0.1) is 31.5 Å². The second-order valence-electron chi connectivity index (χ2n) is 12.3. The summed E-state index contributed by atoms with van der Waals surface area (Å²) < 4.78 is 17.1. The summed E-state index contributed by atoms with van der Waals surface area (Å²) in [5, 5.41) is 8.41. The van der Waals surface area contributed by atoms with Crippen molar-refractivity contribution in [3.8, 4) is 17.2 Å². The molecule has 1 aliphatic carbocycles. The third kappa shape index (κ3) is 6.31. The lowest BCUT2D eigenvalue weighted by Crippen LogP contribution is -2.48. The summed E-state index contributed by atoms with van der Waals surface area (Å²) in [7, 11) is 1.67. The minimum atomic E-state index is -0.125. The van der Waals surface area contributed by atoms with Gasteiger partial charge in [0.15, 0.2) is 11.5 Å². The molecule has 9 nitrogen and oxygen atoms in total. The number of ether oxygens (including phenoxy) is 3. The number of carbonyl (C=O) groups excluding carboxylic acids is 2. The van der Waals surface area contributed by atoms with Gasteiger partial charge in [0.2, 0.25) is 5.91 Å². The molecule has 0 aromatic heterocycles. The number of amidine groups is 1. The third-order valence-corrected chi connectivity index (χ3v) is 8.57. The summed E-state index contributed by atoms with van der Waals surface area (Å²) in [5.74, 6) is 3.12. The smallest absolute Gasteiger partial charge is 0.219 e. The topological polar surface area (TPSA) is 95.4 Å². The van der Waals surface area contributed by atoms with Crippen molar-refractivity contribution in [3.05, 3.63) is 46.5 Å². The molecular weight excluding hydrogens is 544 g/mol. The van der Waals surface area contributed by atoms with Gasteiger partial charge in [-0.3, -0.25) is 15.0 Å². The maximum atomic E-state index is 11.5. The van der Waals surface area contributed by atoms with E-state index >= 15 is 0 Å². The molecule has 2 aromatic carbocycles. The Balaban J connectivity index is 0.000000198. The number of hydrogen-bond donors (Lipinski definition) is 1. The number of nitrogens with one attached hydrogen (secondary N) is 1. The van der Waals surface area contributed by atoms with Crippen molar-refractivity contribution >= 4 is 23.7 Å². The number of methoxy groups -OCH3 is 1. The van der Waals surface area contributed by atoms with Crippen molar-refractivity contribution < 1.29 is 23.8 Å². The van der Waals surface area contributed by atoms with Crippen LogP contribution in [0.4, 0.5) is 5.69 Å². The van der Waals surface area contributed by atoms with Gasteiger partial charge in [0.25, 0.3) is 0 Å². The van der Waals surface area contributed by atoms with Crippen molar-refractivity contribution in [1.29, 1.82) is 5.41 Å². The fourth-order valence-electron chi connectivity index (χ4n) is 6.27. The minimum Gasteiger partial charge on any atom is -0.494 e. The Hall–Kier alpha value is -3.75. The van der Waals surface area contributed by atoms with Crippen LogP contribution in [-0.4, -0.2) is 80.9 Å². The predicted molar refractivity (Wildman–Crippen MR) is 170 cm³/mol. The number of rotatable bonds is 8. The van der Waals surface area contributed by atoms with E-state index in [0.29, 0.717) is 37.7 Å². The zero-order chi connectivity index (χ0) is 31.5. The van der Waals surface area contributed by atoms with Crippen LogP contribution in [0.1, 0.15) is 88.4 Å². The molecule has 2 fully saturated rings. The number of anilines is 1. The molecule has 0 atom stereocenters. The Morgan fingerprint density at radius 3 is 2.05 bits per heavy atom. The number of amides is 1. The molecule has 234 valence electrons. The van der Waals surface area contributed by atoms with Crippen LogP contribution < -0.4 is 19.1 Å². The quantitative estimate of drug-likeness (QED) is 0.398. The third-order valence-electron chi connectivity index (χ3n) is 8.57. The van der Waals surface area contributed by atoms with Crippen LogP contribution >= 0.6 is 0 Å². The Morgan fingerprint density at radius 2 is 1.58 bits per heavy atom. The van der Waals surface area contributed by atoms with Crippen LogP contribution in [0, 0.1) is 5.41 Å². The first kappa shape index (κ1) is 32.2. The summed E-state index contributed by atoms with van der Waals surface area (Å²) in [6, 6.07) is 7.87. The normalized spacial score (nSPS) is 16.8. The first-order valence-corrected chi connectivity index (χ1v) is 15.4. The monoisotopic (exact) mass is 592 g/mol. The molecule has 2 aliphatic heterocycles. The van der Waals surface area contributed by atoms with Gasteiger partial charge >= 0.3 is 0 Å². The van der Waals surface area contributed by atoms with Gasteiger partial charge in [-0.15, -0.1) is 0 Å². The second-order valence-corrected chi connectivity index (χ2v) is 12.3. The van der Waals surface area contributed by atoms with E-state index in [-0.39, 0.29) is 16.9 Å². The number of hydrogen-bond acceptors (Lipinski definition) is 7. The molecule has 0 radical (unpaired) electrons. The SMILES string of the molecule is CCOc1cc2c(cc1OCC)C1(CC1)N(CC)C2=N.COc1c(N2CCN(C(C)=O)CC2)cc(C=O)cc1C(C)(C)C. The number of nitrogens with zero attached hydrogens (tertiary/aromatic N) is 3. The largest absolute Gasteiger partial charge is 0.494 e. The van der Waals surface area contributed by atoms with Gasteiger partial charge in [0.1, 0.15) is 17.9 Å². The fourth-order valence-corrected chi connectivity index (χ4v) is 6.27. The van der Waals surface area contributed by atoms with Crippen LogP contribution in [0.3, 0.4) is 0 Å². The highest BCUT2D eigenvalue weighted by Crippen LogP contribution is 2.58. The number of fused-ring (bicyclic) bond motifs is 2. The molecule has 3 aliphatic rings. The Labute approximate surface area is 256 Å². The van der Waals surface area contributed by atoms with Crippen molar-refractivity contribution in [3.63, 3.8) is 0 Å². The molecule has 0 unspecified atom stereocenters. The highest BCUT2D eigenvalue weighted by atomic mass is 16.5. The average molecular weight is 593 g/mol. The summed E-state index contributed by atoms with van der Waals surface area (Å²) in [4.78, 5) is 29.1. The minimum absolute atomic E-state index is 0.0672. The van der Waals surface area contributed by atoms with Gasteiger partial charge in [-0.1, -0.05) is 20.8 Å². The van der Waals surface area contributed by atoms with E-state index in [0.717, 1.165) is 72.8 Å². The number of piperazine rings is 1. The summed E-state index contributed by atoms with van der Waals surface area (Å²) in [6.07, 6.45) is 3.15. The van der Waals surface area contributed by atoms with Gasteiger partial charge < -0.3 is 28.9 Å².